The van der Waals surface area contributed by atoms with Gasteiger partial charge in [0.05, 0.1) is 26.3 Å². The third kappa shape index (κ3) is 3.35. The van der Waals surface area contributed by atoms with E-state index in [-0.39, 0.29) is 5.91 Å². The molecule has 3 heterocycles. The van der Waals surface area contributed by atoms with Crippen LogP contribution < -0.4 is 0 Å². The van der Waals surface area contributed by atoms with Crippen LogP contribution in [0.3, 0.4) is 0 Å². The lowest BCUT2D eigenvalue weighted by Gasteiger charge is -2.44. The Morgan fingerprint density at radius 3 is 2.79 bits per heavy atom. The van der Waals surface area contributed by atoms with E-state index in [4.69, 9.17) is 9.47 Å². The Morgan fingerprint density at radius 1 is 1.17 bits per heavy atom. The number of rotatable bonds is 2. The van der Waals surface area contributed by atoms with Crippen LogP contribution >= 0.6 is 11.3 Å². The molecule has 2 saturated heterocycles. The number of aromatic nitrogens is 1. The summed E-state index contributed by atoms with van der Waals surface area (Å²) in [5.41, 5.74) is 0. The lowest BCUT2D eigenvalue weighted by atomic mass is 10.1. The molecule has 24 heavy (non-hydrogen) atoms. The van der Waals surface area contributed by atoms with Crippen molar-refractivity contribution in [2.24, 2.45) is 0 Å². The van der Waals surface area contributed by atoms with E-state index in [1.54, 1.807) is 6.20 Å². The lowest BCUT2D eigenvalue weighted by molar-refractivity contribution is -0.262. The maximum absolute atomic E-state index is 12.7. The summed E-state index contributed by atoms with van der Waals surface area (Å²) in [6.45, 7) is 4.15. The molecular formula is C17H25N3O3S. The van der Waals surface area contributed by atoms with Gasteiger partial charge in [-0.3, -0.25) is 9.69 Å². The molecule has 2 aliphatic heterocycles. The van der Waals surface area contributed by atoms with Crippen molar-refractivity contribution in [3.63, 3.8) is 0 Å². The first-order valence-electron chi connectivity index (χ1n) is 8.97. The molecule has 1 aromatic rings. The Labute approximate surface area is 146 Å². The average Bonchev–Trinajstić information content (AvgIpc) is 3.28. The predicted octanol–water partition coefficient (Wildman–Crippen LogP) is 1.98. The first kappa shape index (κ1) is 16.4. The molecule has 1 spiro atoms. The van der Waals surface area contributed by atoms with Gasteiger partial charge < -0.3 is 14.4 Å². The quantitative estimate of drug-likeness (QED) is 0.815. The van der Waals surface area contributed by atoms with Gasteiger partial charge in [0.25, 0.3) is 5.91 Å². The summed E-state index contributed by atoms with van der Waals surface area (Å²) in [7, 11) is 0. The minimum atomic E-state index is -0.676. The minimum Gasteiger partial charge on any atom is -0.347 e. The van der Waals surface area contributed by atoms with Gasteiger partial charge in [-0.25, -0.2) is 4.98 Å². The smallest absolute Gasteiger partial charge is 0.283 e. The van der Waals surface area contributed by atoms with Crippen molar-refractivity contribution in [3.8, 4) is 0 Å². The van der Waals surface area contributed by atoms with Crippen molar-refractivity contribution in [3.05, 3.63) is 16.6 Å². The largest absolute Gasteiger partial charge is 0.347 e. The van der Waals surface area contributed by atoms with Crippen LogP contribution in [0.25, 0.3) is 0 Å². The summed E-state index contributed by atoms with van der Waals surface area (Å²) in [5, 5.41) is 2.39. The summed E-state index contributed by atoms with van der Waals surface area (Å²) >= 11 is 1.39. The van der Waals surface area contributed by atoms with Gasteiger partial charge >= 0.3 is 0 Å². The molecule has 1 atom stereocenters. The van der Waals surface area contributed by atoms with Crippen LogP contribution in [0.4, 0.5) is 0 Å². The molecule has 1 unspecified atom stereocenters. The Hall–Kier alpha value is -1.02. The minimum absolute atomic E-state index is 0.00654. The highest BCUT2D eigenvalue weighted by atomic mass is 32.1. The van der Waals surface area contributed by atoms with Crippen LogP contribution in [0.15, 0.2) is 11.6 Å². The number of nitrogens with zero attached hydrogens (tertiary/aromatic N) is 3. The van der Waals surface area contributed by atoms with Crippen molar-refractivity contribution in [1.29, 1.82) is 0 Å². The topological polar surface area (TPSA) is 54.9 Å². The highest BCUT2D eigenvalue weighted by Crippen LogP contribution is 2.30. The van der Waals surface area contributed by atoms with Gasteiger partial charge in [-0.05, 0) is 19.3 Å². The molecular weight excluding hydrogens is 326 g/mol. The molecule has 7 heteroatoms. The molecule has 3 fully saturated rings. The number of carbonyl (C=O) groups is 1. The second-order valence-electron chi connectivity index (χ2n) is 6.93. The summed E-state index contributed by atoms with van der Waals surface area (Å²) in [4.78, 5) is 21.2. The van der Waals surface area contributed by atoms with Crippen molar-refractivity contribution >= 4 is 17.2 Å². The van der Waals surface area contributed by atoms with Crippen molar-refractivity contribution in [2.45, 2.75) is 43.9 Å². The fourth-order valence-corrected chi connectivity index (χ4v) is 4.72. The SMILES string of the molecule is O=C(c1nccs1)N1CCOC2(C1)CN(C1CCCC1)CCCO2. The van der Waals surface area contributed by atoms with E-state index in [9.17, 15) is 4.79 Å². The molecule has 6 nitrogen and oxygen atoms in total. The molecule has 0 aromatic carbocycles. The van der Waals surface area contributed by atoms with Crippen LogP contribution in [-0.2, 0) is 9.47 Å². The van der Waals surface area contributed by atoms with Crippen LogP contribution in [0.1, 0.15) is 41.9 Å². The van der Waals surface area contributed by atoms with E-state index in [1.165, 1.54) is 37.0 Å². The van der Waals surface area contributed by atoms with Crippen LogP contribution in [0.5, 0.6) is 0 Å². The van der Waals surface area contributed by atoms with E-state index < -0.39 is 5.79 Å². The highest BCUT2D eigenvalue weighted by molar-refractivity contribution is 7.11. The van der Waals surface area contributed by atoms with Gasteiger partial charge in [-0.15, -0.1) is 11.3 Å². The van der Waals surface area contributed by atoms with E-state index in [0.29, 0.717) is 37.4 Å². The van der Waals surface area contributed by atoms with Crippen LogP contribution in [0.2, 0.25) is 0 Å². The fourth-order valence-electron chi connectivity index (χ4n) is 4.12. The van der Waals surface area contributed by atoms with Gasteiger partial charge in [-0.1, -0.05) is 12.8 Å². The zero-order valence-electron chi connectivity index (χ0n) is 14.0. The normalized spacial score (nSPS) is 29.9. The van der Waals surface area contributed by atoms with Gasteiger partial charge in [0.1, 0.15) is 0 Å². The molecule has 0 bridgehead atoms. The number of morpholine rings is 1. The second kappa shape index (κ2) is 7.07. The zero-order valence-corrected chi connectivity index (χ0v) is 14.8. The average molecular weight is 351 g/mol. The second-order valence-corrected chi connectivity index (χ2v) is 7.83. The van der Waals surface area contributed by atoms with Crippen molar-refractivity contribution in [2.75, 3.05) is 39.4 Å². The maximum atomic E-state index is 12.7. The number of ether oxygens (including phenoxy) is 2. The Morgan fingerprint density at radius 2 is 2.00 bits per heavy atom. The molecule has 132 valence electrons. The molecule has 0 N–H and O–H groups in total. The standard InChI is InChI=1S/C17H25N3O3S/c21-16(15-18-6-11-24-15)20-8-10-23-17(13-20)12-19(7-3-9-22-17)14-4-1-2-5-14/h6,11,14H,1-5,7-10,12-13H2. The maximum Gasteiger partial charge on any atom is 0.283 e. The van der Waals surface area contributed by atoms with Gasteiger partial charge in [0.2, 0.25) is 0 Å². The summed E-state index contributed by atoms with van der Waals surface area (Å²) in [5.74, 6) is -0.683. The molecule has 4 rings (SSSR count). The molecule has 1 saturated carbocycles. The zero-order chi connectivity index (χ0) is 16.4. The third-order valence-corrected chi connectivity index (χ3v) is 6.06. The van der Waals surface area contributed by atoms with E-state index in [2.05, 4.69) is 9.88 Å². The lowest BCUT2D eigenvalue weighted by Crippen LogP contribution is -2.59. The van der Waals surface area contributed by atoms with Gasteiger partial charge in [0.15, 0.2) is 10.8 Å². The van der Waals surface area contributed by atoms with Crippen LogP contribution in [0, 0.1) is 0 Å². The first-order valence-corrected chi connectivity index (χ1v) is 9.84. The Kier molecular flexibility index (Phi) is 4.85. The number of hydrogen-bond donors (Lipinski definition) is 0. The first-order chi connectivity index (χ1) is 11.8. The van der Waals surface area contributed by atoms with E-state index in [0.717, 1.165) is 19.5 Å². The number of hydrogen-bond acceptors (Lipinski definition) is 6. The van der Waals surface area contributed by atoms with Crippen molar-refractivity contribution < 1.29 is 14.3 Å². The molecule has 1 amide bonds. The monoisotopic (exact) mass is 351 g/mol. The fraction of sp³-hybridized carbons (Fsp3) is 0.765. The summed E-state index contributed by atoms with van der Waals surface area (Å²) < 4.78 is 12.2. The Bertz CT molecular complexity index is 561. The van der Waals surface area contributed by atoms with E-state index in [1.807, 2.05) is 10.3 Å². The highest BCUT2D eigenvalue weighted by Gasteiger charge is 2.44. The third-order valence-electron chi connectivity index (χ3n) is 5.30. The molecule has 1 aliphatic carbocycles. The number of thiazole rings is 1. The summed E-state index contributed by atoms with van der Waals surface area (Å²) in [6, 6.07) is 0.650. The van der Waals surface area contributed by atoms with Crippen molar-refractivity contribution in [1.82, 2.24) is 14.8 Å². The number of amides is 1. The van der Waals surface area contributed by atoms with Gasteiger partial charge in [-0.2, -0.15) is 0 Å². The molecule has 3 aliphatic rings. The van der Waals surface area contributed by atoms with Gasteiger partial charge in [0, 0.05) is 30.7 Å². The van der Waals surface area contributed by atoms with E-state index >= 15 is 0 Å². The summed E-state index contributed by atoms with van der Waals surface area (Å²) in [6.07, 6.45) is 7.91. The number of carbonyl (C=O) groups excluding carboxylic acids is 1. The predicted molar refractivity (Wildman–Crippen MR) is 91.1 cm³/mol. The molecule has 1 aromatic heterocycles. The van der Waals surface area contributed by atoms with Crippen LogP contribution in [-0.4, -0.2) is 71.9 Å². The molecule has 0 radical (unpaired) electrons. The Balaban J connectivity index is 1.48.